The van der Waals surface area contributed by atoms with E-state index in [1.807, 2.05) is 13.8 Å². The fourth-order valence-electron chi connectivity index (χ4n) is 1.49. The molecular weight excluding hydrogens is 220 g/mol. The molecule has 0 aliphatic carbocycles. The second kappa shape index (κ2) is 8.61. The van der Waals surface area contributed by atoms with Crippen LogP contribution in [0.5, 0.6) is 0 Å². The van der Waals surface area contributed by atoms with E-state index in [0.717, 1.165) is 6.42 Å². The van der Waals surface area contributed by atoms with Gasteiger partial charge in [0.2, 0.25) is 0 Å². The zero-order valence-corrected chi connectivity index (χ0v) is 10.6. The molecule has 17 heavy (non-hydrogen) atoms. The number of urea groups is 1. The number of carboxylic acids is 1. The molecule has 1 atom stereocenters. The highest BCUT2D eigenvalue weighted by Crippen LogP contribution is 2.00. The van der Waals surface area contributed by atoms with Crippen molar-refractivity contribution in [1.29, 1.82) is 0 Å². The summed E-state index contributed by atoms with van der Waals surface area (Å²) in [5, 5.41) is 11.5. The van der Waals surface area contributed by atoms with Gasteiger partial charge in [0.1, 0.15) is 6.04 Å². The number of nitrogens with zero attached hydrogens (tertiary/aromatic N) is 1. The van der Waals surface area contributed by atoms with Crippen molar-refractivity contribution in [2.45, 2.75) is 39.2 Å². The third-order valence-corrected chi connectivity index (χ3v) is 2.30. The lowest BCUT2D eigenvalue weighted by atomic mass is 10.2. The molecule has 0 rings (SSSR count). The standard InChI is InChI=1S/C12H22N2O3/c1-4-7-10(11(15)16)13-12(17)14(8-5-2)9-6-3/h5,10H,2,4,6-9H2,1,3H3,(H,13,17)(H,15,16)/t10-/m0/s1. The van der Waals surface area contributed by atoms with Gasteiger partial charge in [-0.3, -0.25) is 0 Å². The SMILES string of the molecule is C=CCN(CCC)C(=O)N[C@@H](CCC)C(=O)O. The van der Waals surface area contributed by atoms with E-state index in [-0.39, 0.29) is 6.03 Å². The van der Waals surface area contributed by atoms with Gasteiger partial charge in [-0.2, -0.15) is 0 Å². The Morgan fingerprint density at radius 3 is 2.47 bits per heavy atom. The topological polar surface area (TPSA) is 69.6 Å². The number of amides is 2. The van der Waals surface area contributed by atoms with Gasteiger partial charge < -0.3 is 15.3 Å². The number of aliphatic carboxylic acids is 1. The number of carbonyl (C=O) groups excluding carboxylic acids is 1. The van der Waals surface area contributed by atoms with Crippen LogP contribution in [0.1, 0.15) is 33.1 Å². The van der Waals surface area contributed by atoms with Crippen molar-refractivity contribution in [2.75, 3.05) is 13.1 Å². The smallest absolute Gasteiger partial charge is 0.326 e. The van der Waals surface area contributed by atoms with Crippen LogP contribution in [0.3, 0.4) is 0 Å². The second-order valence-electron chi connectivity index (χ2n) is 3.86. The fourth-order valence-corrected chi connectivity index (χ4v) is 1.49. The molecule has 0 radical (unpaired) electrons. The minimum atomic E-state index is -0.991. The van der Waals surface area contributed by atoms with Crippen molar-refractivity contribution in [3.05, 3.63) is 12.7 Å². The highest BCUT2D eigenvalue weighted by atomic mass is 16.4. The molecule has 5 nitrogen and oxygen atoms in total. The molecule has 98 valence electrons. The van der Waals surface area contributed by atoms with Crippen LogP contribution >= 0.6 is 0 Å². The molecule has 2 amide bonds. The Morgan fingerprint density at radius 1 is 1.41 bits per heavy atom. The fraction of sp³-hybridized carbons (Fsp3) is 0.667. The molecular formula is C12H22N2O3. The number of carboxylic acid groups (broad SMARTS) is 1. The molecule has 0 heterocycles. The normalized spacial score (nSPS) is 11.6. The van der Waals surface area contributed by atoms with Crippen LogP contribution in [0.4, 0.5) is 4.79 Å². The summed E-state index contributed by atoms with van der Waals surface area (Å²) in [5.74, 6) is -0.991. The number of rotatable bonds is 8. The quantitative estimate of drug-likeness (QED) is 0.638. The Kier molecular flexibility index (Phi) is 7.84. The largest absolute Gasteiger partial charge is 0.480 e. The Labute approximate surface area is 102 Å². The number of hydrogen-bond donors (Lipinski definition) is 2. The minimum Gasteiger partial charge on any atom is -0.480 e. The van der Waals surface area contributed by atoms with Gasteiger partial charge in [0.05, 0.1) is 0 Å². The number of nitrogens with one attached hydrogen (secondary N) is 1. The van der Waals surface area contributed by atoms with Crippen molar-refractivity contribution in [2.24, 2.45) is 0 Å². The van der Waals surface area contributed by atoms with E-state index in [1.165, 1.54) is 0 Å². The summed E-state index contributed by atoms with van der Waals surface area (Å²) < 4.78 is 0. The minimum absolute atomic E-state index is 0.340. The summed E-state index contributed by atoms with van der Waals surface area (Å²) in [6.45, 7) is 8.45. The van der Waals surface area contributed by atoms with Gasteiger partial charge in [0.15, 0.2) is 0 Å². The van der Waals surface area contributed by atoms with Crippen LogP contribution < -0.4 is 5.32 Å². The van der Waals surface area contributed by atoms with Crippen LogP contribution in [0.2, 0.25) is 0 Å². The van der Waals surface area contributed by atoms with Gasteiger partial charge in [0.25, 0.3) is 0 Å². The van der Waals surface area contributed by atoms with E-state index in [2.05, 4.69) is 11.9 Å². The highest BCUT2D eigenvalue weighted by Gasteiger charge is 2.21. The van der Waals surface area contributed by atoms with Crippen molar-refractivity contribution >= 4 is 12.0 Å². The van der Waals surface area contributed by atoms with Gasteiger partial charge in [-0.05, 0) is 12.8 Å². The second-order valence-corrected chi connectivity index (χ2v) is 3.86. The molecule has 0 aliphatic rings. The molecule has 0 aliphatic heterocycles. The predicted molar refractivity (Wildman–Crippen MR) is 66.9 cm³/mol. The molecule has 0 spiro atoms. The van der Waals surface area contributed by atoms with Crippen molar-refractivity contribution in [1.82, 2.24) is 10.2 Å². The zero-order valence-electron chi connectivity index (χ0n) is 10.6. The van der Waals surface area contributed by atoms with Crippen LogP contribution in [-0.2, 0) is 4.79 Å². The number of carbonyl (C=O) groups is 2. The van der Waals surface area contributed by atoms with Gasteiger partial charge >= 0.3 is 12.0 Å². The van der Waals surface area contributed by atoms with Crippen LogP contribution in [0, 0.1) is 0 Å². The Bertz CT molecular complexity index is 266. The lowest BCUT2D eigenvalue weighted by Crippen LogP contribution is -2.48. The molecule has 0 saturated heterocycles. The Balaban J connectivity index is 4.43. The molecule has 0 unspecified atom stereocenters. The molecule has 0 saturated carbocycles. The average Bonchev–Trinajstić information content (AvgIpc) is 2.28. The third kappa shape index (κ3) is 5.94. The lowest BCUT2D eigenvalue weighted by molar-refractivity contribution is -0.139. The summed E-state index contributed by atoms with van der Waals surface area (Å²) in [7, 11) is 0. The van der Waals surface area contributed by atoms with E-state index < -0.39 is 12.0 Å². The number of hydrogen-bond acceptors (Lipinski definition) is 2. The Morgan fingerprint density at radius 2 is 2.06 bits per heavy atom. The summed E-state index contributed by atoms with van der Waals surface area (Å²) in [4.78, 5) is 24.3. The van der Waals surface area contributed by atoms with Gasteiger partial charge in [-0.1, -0.05) is 26.3 Å². The highest BCUT2D eigenvalue weighted by molar-refractivity contribution is 5.82. The van der Waals surface area contributed by atoms with E-state index >= 15 is 0 Å². The average molecular weight is 242 g/mol. The molecule has 0 aromatic heterocycles. The molecule has 0 fully saturated rings. The van der Waals surface area contributed by atoms with E-state index in [1.54, 1.807) is 11.0 Å². The van der Waals surface area contributed by atoms with E-state index in [4.69, 9.17) is 5.11 Å². The summed E-state index contributed by atoms with van der Waals surface area (Å²) in [6, 6.07) is -1.15. The Hall–Kier alpha value is -1.52. The van der Waals surface area contributed by atoms with Crippen molar-refractivity contribution in [3.63, 3.8) is 0 Å². The maximum Gasteiger partial charge on any atom is 0.326 e. The first-order valence-corrected chi connectivity index (χ1v) is 5.95. The maximum absolute atomic E-state index is 11.8. The van der Waals surface area contributed by atoms with Crippen LogP contribution in [0.15, 0.2) is 12.7 Å². The molecule has 5 heteroatoms. The summed E-state index contributed by atoms with van der Waals surface area (Å²) >= 11 is 0. The molecule has 0 aromatic carbocycles. The molecule has 2 N–H and O–H groups in total. The first kappa shape index (κ1) is 15.5. The zero-order chi connectivity index (χ0) is 13.3. The maximum atomic E-state index is 11.8. The predicted octanol–water partition coefficient (Wildman–Crippen LogP) is 1.85. The van der Waals surface area contributed by atoms with E-state index in [0.29, 0.717) is 25.9 Å². The summed E-state index contributed by atoms with van der Waals surface area (Å²) in [6.07, 6.45) is 3.61. The third-order valence-electron chi connectivity index (χ3n) is 2.30. The first-order chi connectivity index (χ1) is 8.06. The van der Waals surface area contributed by atoms with Crippen molar-refractivity contribution in [3.8, 4) is 0 Å². The van der Waals surface area contributed by atoms with E-state index in [9.17, 15) is 9.59 Å². The summed E-state index contributed by atoms with van der Waals surface area (Å²) in [5.41, 5.74) is 0. The first-order valence-electron chi connectivity index (χ1n) is 5.95. The molecule has 0 aromatic rings. The van der Waals surface area contributed by atoms with Crippen molar-refractivity contribution < 1.29 is 14.7 Å². The monoisotopic (exact) mass is 242 g/mol. The van der Waals surface area contributed by atoms with Crippen LogP contribution in [0.25, 0.3) is 0 Å². The molecule has 0 bridgehead atoms. The van der Waals surface area contributed by atoms with Crippen LogP contribution in [-0.4, -0.2) is 41.1 Å². The lowest BCUT2D eigenvalue weighted by Gasteiger charge is -2.23. The van der Waals surface area contributed by atoms with Gasteiger partial charge in [-0.25, -0.2) is 9.59 Å². The van der Waals surface area contributed by atoms with Gasteiger partial charge in [0, 0.05) is 13.1 Å². The van der Waals surface area contributed by atoms with Gasteiger partial charge in [-0.15, -0.1) is 6.58 Å².